The Kier molecular flexibility index (Phi) is 5.29. The van der Waals surface area contributed by atoms with Crippen molar-refractivity contribution in [1.29, 1.82) is 0 Å². The molecule has 0 spiro atoms. The van der Waals surface area contributed by atoms with Gasteiger partial charge in [0, 0.05) is 19.2 Å². The smallest absolute Gasteiger partial charge is 0.405 e. The highest BCUT2D eigenvalue weighted by molar-refractivity contribution is 9.10. The second kappa shape index (κ2) is 6.78. The number of rotatable bonds is 4. The Hall–Kier alpha value is -0.790. The van der Waals surface area contributed by atoms with Gasteiger partial charge in [-0.25, -0.2) is 0 Å². The van der Waals surface area contributed by atoms with Gasteiger partial charge in [-0.05, 0) is 46.5 Å². The molecule has 0 bridgehead atoms. The Labute approximate surface area is 123 Å². The van der Waals surface area contributed by atoms with Crippen LogP contribution in [0.15, 0.2) is 22.7 Å². The molecule has 7 heteroatoms. The molecule has 1 aromatic carbocycles. The highest BCUT2D eigenvalue weighted by atomic mass is 79.9. The largest absolute Gasteiger partial charge is 0.573 e. The number of hydrogen-bond acceptors (Lipinski definition) is 3. The minimum atomic E-state index is -4.68. The van der Waals surface area contributed by atoms with E-state index >= 15 is 0 Å². The third-order valence-electron chi connectivity index (χ3n) is 2.98. The van der Waals surface area contributed by atoms with Crippen molar-refractivity contribution in [3.63, 3.8) is 0 Å². The predicted molar refractivity (Wildman–Crippen MR) is 71.5 cm³/mol. The van der Waals surface area contributed by atoms with E-state index in [2.05, 4.69) is 26.0 Å². The fourth-order valence-electron chi connectivity index (χ4n) is 2.03. The van der Waals surface area contributed by atoms with E-state index in [0.29, 0.717) is 19.2 Å². The van der Waals surface area contributed by atoms with Gasteiger partial charge in [-0.15, -0.1) is 13.2 Å². The Bertz CT molecular complexity index is 448. The van der Waals surface area contributed by atoms with E-state index in [0.717, 1.165) is 25.0 Å². The van der Waals surface area contributed by atoms with Crippen LogP contribution in [0.4, 0.5) is 13.2 Å². The van der Waals surface area contributed by atoms with Crippen molar-refractivity contribution in [2.75, 3.05) is 13.2 Å². The van der Waals surface area contributed by atoms with Gasteiger partial charge in [0.25, 0.3) is 0 Å². The van der Waals surface area contributed by atoms with E-state index < -0.39 is 6.36 Å². The maximum atomic E-state index is 12.1. The summed E-state index contributed by atoms with van der Waals surface area (Å²) in [7, 11) is 0. The van der Waals surface area contributed by atoms with Crippen molar-refractivity contribution < 1.29 is 22.6 Å². The number of benzene rings is 1. The SMILES string of the molecule is FC(F)(F)Oc1ccc(CNC2CCCOC2)cc1Br. The first-order chi connectivity index (χ1) is 9.44. The lowest BCUT2D eigenvalue weighted by Gasteiger charge is -2.23. The van der Waals surface area contributed by atoms with Crippen LogP contribution in [0.2, 0.25) is 0 Å². The van der Waals surface area contributed by atoms with Crippen molar-refractivity contribution >= 4 is 15.9 Å². The molecule has 1 heterocycles. The van der Waals surface area contributed by atoms with Crippen LogP contribution in [0, 0.1) is 0 Å². The number of alkyl halides is 3. The van der Waals surface area contributed by atoms with Crippen molar-refractivity contribution in [2.45, 2.75) is 31.8 Å². The molecule has 2 rings (SSSR count). The molecule has 0 saturated carbocycles. The van der Waals surface area contributed by atoms with Gasteiger partial charge in [0.2, 0.25) is 0 Å². The van der Waals surface area contributed by atoms with E-state index in [1.807, 2.05) is 0 Å². The van der Waals surface area contributed by atoms with Gasteiger partial charge in [0.05, 0.1) is 11.1 Å². The maximum Gasteiger partial charge on any atom is 0.573 e. The van der Waals surface area contributed by atoms with Gasteiger partial charge in [-0.2, -0.15) is 0 Å². The van der Waals surface area contributed by atoms with Gasteiger partial charge < -0.3 is 14.8 Å². The summed E-state index contributed by atoms with van der Waals surface area (Å²) in [6.07, 6.45) is -2.60. The van der Waals surface area contributed by atoms with Gasteiger partial charge in [0.1, 0.15) is 5.75 Å². The van der Waals surface area contributed by atoms with Crippen molar-refractivity contribution in [2.24, 2.45) is 0 Å². The summed E-state index contributed by atoms with van der Waals surface area (Å²) in [4.78, 5) is 0. The summed E-state index contributed by atoms with van der Waals surface area (Å²) in [6.45, 7) is 2.06. The molecule has 1 aliphatic heterocycles. The van der Waals surface area contributed by atoms with Gasteiger partial charge >= 0.3 is 6.36 Å². The van der Waals surface area contributed by atoms with E-state index in [1.54, 1.807) is 12.1 Å². The Morgan fingerprint density at radius 2 is 2.20 bits per heavy atom. The molecule has 1 atom stereocenters. The lowest BCUT2D eigenvalue weighted by Crippen LogP contribution is -2.36. The normalized spacial score (nSPS) is 19.9. The van der Waals surface area contributed by atoms with Gasteiger partial charge in [0.15, 0.2) is 0 Å². The third-order valence-corrected chi connectivity index (χ3v) is 3.60. The Morgan fingerprint density at radius 3 is 2.80 bits per heavy atom. The molecular formula is C13H15BrF3NO2. The summed E-state index contributed by atoms with van der Waals surface area (Å²) < 4.78 is 46.0. The molecule has 1 unspecified atom stereocenters. The van der Waals surface area contributed by atoms with E-state index in [4.69, 9.17) is 4.74 Å². The second-order valence-corrected chi connectivity index (χ2v) is 5.46. The van der Waals surface area contributed by atoms with Gasteiger partial charge in [-0.3, -0.25) is 0 Å². The van der Waals surface area contributed by atoms with E-state index in [9.17, 15) is 13.2 Å². The van der Waals surface area contributed by atoms with Crippen LogP contribution < -0.4 is 10.1 Å². The summed E-state index contributed by atoms with van der Waals surface area (Å²) >= 11 is 3.09. The van der Waals surface area contributed by atoms with Crippen molar-refractivity contribution in [3.8, 4) is 5.75 Å². The zero-order chi connectivity index (χ0) is 14.6. The fourth-order valence-corrected chi connectivity index (χ4v) is 2.53. The highest BCUT2D eigenvalue weighted by Gasteiger charge is 2.31. The summed E-state index contributed by atoms with van der Waals surface area (Å²) in [5.41, 5.74) is 0.886. The average molecular weight is 354 g/mol. The number of nitrogens with one attached hydrogen (secondary N) is 1. The zero-order valence-corrected chi connectivity index (χ0v) is 12.3. The lowest BCUT2D eigenvalue weighted by molar-refractivity contribution is -0.274. The van der Waals surface area contributed by atoms with Crippen molar-refractivity contribution in [3.05, 3.63) is 28.2 Å². The van der Waals surface area contributed by atoms with Crippen LogP contribution in [-0.2, 0) is 11.3 Å². The molecule has 112 valence electrons. The Balaban J connectivity index is 1.91. The van der Waals surface area contributed by atoms with Crippen LogP contribution in [0.5, 0.6) is 5.75 Å². The highest BCUT2D eigenvalue weighted by Crippen LogP contribution is 2.31. The molecule has 1 aromatic rings. The monoisotopic (exact) mass is 353 g/mol. The summed E-state index contributed by atoms with van der Waals surface area (Å²) in [6, 6.07) is 4.85. The van der Waals surface area contributed by atoms with Crippen molar-refractivity contribution in [1.82, 2.24) is 5.32 Å². The topological polar surface area (TPSA) is 30.5 Å². The van der Waals surface area contributed by atoms with Crippen LogP contribution >= 0.6 is 15.9 Å². The van der Waals surface area contributed by atoms with Crippen LogP contribution in [0.25, 0.3) is 0 Å². The Morgan fingerprint density at radius 1 is 1.40 bits per heavy atom. The first-order valence-electron chi connectivity index (χ1n) is 6.29. The lowest BCUT2D eigenvalue weighted by atomic mass is 10.1. The molecule has 0 radical (unpaired) electrons. The average Bonchev–Trinajstić information content (AvgIpc) is 2.39. The molecule has 3 nitrogen and oxygen atoms in total. The quantitative estimate of drug-likeness (QED) is 0.896. The second-order valence-electron chi connectivity index (χ2n) is 4.61. The number of halogens is 4. The van der Waals surface area contributed by atoms with E-state index in [1.165, 1.54) is 6.07 Å². The first-order valence-corrected chi connectivity index (χ1v) is 7.08. The predicted octanol–water partition coefficient (Wildman–Crippen LogP) is 3.62. The van der Waals surface area contributed by atoms with Crippen LogP contribution in [0.1, 0.15) is 18.4 Å². The summed E-state index contributed by atoms with van der Waals surface area (Å²) in [5.74, 6) is -0.234. The molecule has 1 saturated heterocycles. The van der Waals surface area contributed by atoms with E-state index in [-0.39, 0.29) is 10.2 Å². The third kappa shape index (κ3) is 4.96. The molecule has 0 aromatic heterocycles. The van der Waals surface area contributed by atoms with Gasteiger partial charge in [-0.1, -0.05) is 6.07 Å². The zero-order valence-electron chi connectivity index (χ0n) is 10.7. The van der Waals surface area contributed by atoms with Crippen LogP contribution in [0.3, 0.4) is 0 Å². The first kappa shape index (κ1) is 15.6. The number of ether oxygens (including phenoxy) is 2. The molecule has 20 heavy (non-hydrogen) atoms. The molecular weight excluding hydrogens is 339 g/mol. The standard InChI is InChI=1S/C13H15BrF3NO2/c14-11-6-9(3-4-12(11)20-13(15,16)17)7-18-10-2-1-5-19-8-10/h3-4,6,10,18H,1-2,5,7-8H2. The minimum Gasteiger partial charge on any atom is -0.405 e. The maximum absolute atomic E-state index is 12.1. The molecule has 1 aliphatic rings. The molecule has 1 N–H and O–H groups in total. The number of hydrogen-bond donors (Lipinski definition) is 1. The fraction of sp³-hybridized carbons (Fsp3) is 0.538. The molecule has 0 aliphatic carbocycles. The van der Waals surface area contributed by atoms with Crippen LogP contribution in [-0.4, -0.2) is 25.6 Å². The molecule has 1 fully saturated rings. The minimum absolute atomic E-state index is 0.234. The molecule has 0 amide bonds. The summed E-state index contributed by atoms with van der Waals surface area (Å²) in [5, 5.41) is 3.32.